The normalized spacial score (nSPS) is 24.2. The second kappa shape index (κ2) is 7.39. The van der Waals surface area contributed by atoms with Crippen LogP contribution in [0.4, 0.5) is 0 Å². The minimum absolute atomic E-state index is 0.485. The van der Waals surface area contributed by atoms with Crippen LogP contribution in [0.1, 0.15) is 53.9 Å². The zero-order valence-electron chi connectivity index (χ0n) is 15.8. The first kappa shape index (κ1) is 17.5. The highest BCUT2D eigenvalue weighted by Gasteiger charge is 2.52. The maximum absolute atomic E-state index is 4.68. The molecule has 1 heterocycles. The molecular weight excluding hydrogens is 340 g/mol. The van der Waals surface area contributed by atoms with Gasteiger partial charge in [0.1, 0.15) is 5.01 Å². The van der Waals surface area contributed by atoms with Crippen molar-refractivity contribution in [2.45, 2.75) is 45.1 Å². The molecule has 2 aliphatic carbocycles. The van der Waals surface area contributed by atoms with E-state index in [1.165, 1.54) is 18.5 Å². The van der Waals surface area contributed by atoms with Gasteiger partial charge < -0.3 is 10.6 Å². The van der Waals surface area contributed by atoms with Crippen molar-refractivity contribution in [2.24, 2.45) is 16.8 Å². The van der Waals surface area contributed by atoms with E-state index in [1.807, 2.05) is 7.05 Å². The number of thiazole rings is 1. The molecule has 1 fully saturated rings. The molecule has 26 heavy (non-hydrogen) atoms. The number of hydrogen-bond donors (Lipinski definition) is 2. The van der Waals surface area contributed by atoms with Crippen LogP contribution in [-0.4, -0.2) is 24.5 Å². The summed E-state index contributed by atoms with van der Waals surface area (Å²) in [6, 6.07) is 8.98. The lowest BCUT2D eigenvalue weighted by molar-refractivity contribution is 0.618. The fraction of sp³-hybridized carbons (Fsp3) is 0.524. The van der Waals surface area contributed by atoms with Crippen molar-refractivity contribution in [1.29, 1.82) is 0 Å². The van der Waals surface area contributed by atoms with E-state index in [-0.39, 0.29) is 0 Å². The standard InChI is InChI=1S/C21H28N4S/c1-13(2)18-12-26-19(25-18)11-24-21(22-3)23-10-17-16-9-8-14-6-4-5-7-15(14)20(16)17/h4-7,12-13,16-17,20H,8-11H2,1-3H3,(H2,22,23,24). The molecule has 2 N–H and O–H groups in total. The van der Waals surface area contributed by atoms with Crippen molar-refractivity contribution in [2.75, 3.05) is 13.6 Å². The molecule has 3 unspecified atom stereocenters. The number of aryl methyl sites for hydroxylation is 1. The largest absolute Gasteiger partial charge is 0.356 e. The van der Waals surface area contributed by atoms with Crippen molar-refractivity contribution in [3.8, 4) is 0 Å². The highest BCUT2D eigenvalue weighted by atomic mass is 32.1. The Hall–Kier alpha value is -1.88. The lowest BCUT2D eigenvalue weighted by Crippen LogP contribution is -2.38. The number of aliphatic imine (C=N–C) groups is 1. The van der Waals surface area contributed by atoms with Crippen LogP contribution in [0, 0.1) is 11.8 Å². The van der Waals surface area contributed by atoms with Crippen LogP contribution < -0.4 is 10.6 Å². The molecule has 0 spiro atoms. The molecule has 1 aromatic carbocycles. The zero-order valence-corrected chi connectivity index (χ0v) is 16.6. The average molecular weight is 369 g/mol. The summed E-state index contributed by atoms with van der Waals surface area (Å²) in [5.41, 5.74) is 4.32. The number of guanidine groups is 1. The Morgan fingerprint density at radius 3 is 2.92 bits per heavy atom. The monoisotopic (exact) mass is 368 g/mol. The Labute approximate surface area is 160 Å². The molecule has 138 valence electrons. The number of aromatic nitrogens is 1. The van der Waals surface area contributed by atoms with Crippen LogP contribution in [-0.2, 0) is 13.0 Å². The first-order valence-electron chi connectivity index (χ1n) is 9.64. The van der Waals surface area contributed by atoms with Gasteiger partial charge in [0, 0.05) is 19.0 Å². The van der Waals surface area contributed by atoms with Gasteiger partial charge in [-0.05, 0) is 47.6 Å². The fourth-order valence-electron chi connectivity index (χ4n) is 4.25. The number of nitrogens with zero attached hydrogens (tertiary/aromatic N) is 2. The fourth-order valence-corrected chi connectivity index (χ4v) is 5.15. The summed E-state index contributed by atoms with van der Waals surface area (Å²) in [4.78, 5) is 9.06. The molecule has 3 atom stereocenters. The van der Waals surface area contributed by atoms with Gasteiger partial charge in [0.2, 0.25) is 0 Å². The molecule has 4 rings (SSSR count). The van der Waals surface area contributed by atoms with Crippen molar-refractivity contribution < 1.29 is 0 Å². The van der Waals surface area contributed by atoms with E-state index in [1.54, 1.807) is 22.5 Å². The third kappa shape index (κ3) is 3.50. The number of rotatable bonds is 5. The molecule has 5 heteroatoms. The minimum atomic E-state index is 0.485. The molecule has 0 aliphatic heterocycles. The van der Waals surface area contributed by atoms with Crippen molar-refractivity contribution in [3.05, 3.63) is 51.5 Å². The quantitative estimate of drug-likeness (QED) is 0.621. The Morgan fingerprint density at radius 1 is 1.31 bits per heavy atom. The third-order valence-corrected chi connectivity index (χ3v) is 6.66. The Morgan fingerprint density at radius 2 is 2.15 bits per heavy atom. The Balaban J connectivity index is 1.29. The number of hydrogen-bond acceptors (Lipinski definition) is 3. The molecule has 1 saturated carbocycles. The topological polar surface area (TPSA) is 49.3 Å². The lowest BCUT2D eigenvalue weighted by atomic mass is 9.92. The van der Waals surface area contributed by atoms with Crippen molar-refractivity contribution in [3.63, 3.8) is 0 Å². The summed E-state index contributed by atoms with van der Waals surface area (Å²) in [5, 5.41) is 10.2. The van der Waals surface area contributed by atoms with Gasteiger partial charge in [-0.3, -0.25) is 4.99 Å². The molecular formula is C21H28N4S. The van der Waals surface area contributed by atoms with Gasteiger partial charge in [-0.1, -0.05) is 38.1 Å². The minimum Gasteiger partial charge on any atom is -0.356 e. The average Bonchev–Trinajstić information content (AvgIpc) is 3.16. The Kier molecular flexibility index (Phi) is 4.98. The molecule has 2 aliphatic rings. The summed E-state index contributed by atoms with van der Waals surface area (Å²) >= 11 is 1.72. The van der Waals surface area contributed by atoms with Gasteiger partial charge in [0.05, 0.1) is 12.2 Å². The molecule has 0 amide bonds. The molecule has 0 radical (unpaired) electrons. The maximum Gasteiger partial charge on any atom is 0.191 e. The second-order valence-corrected chi connectivity index (χ2v) is 8.66. The SMILES string of the molecule is CN=C(NCc1nc(C(C)C)cs1)NCC1C2CCc3ccccc3C21. The maximum atomic E-state index is 4.68. The van der Waals surface area contributed by atoms with E-state index in [0.29, 0.717) is 5.92 Å². The third-order valence-electron chi connectivity index (χ3n) is 5.79. The van der Waals surface area contributed by atoms with E-state index in [4.69, 9.17) is 0 Å². The van der Waals surface area contributed by atoms with Crippen LogP contribution >= 0.6 is 11.3 Å². The summed E-state index contributed by atoms with van der Waals surface area (Å²) in [6.07, 6.45) is 2.57. The summed E-state index contributed by atoms with van der Waals surface area (Å²) < 4.78 is 0. The molecule has 4 nitrogen and oxygen atoms in total. The summed E-state index contributed by atoms with van der Waals surface area (Å²) in [5.74, 6) is 3.70. The van der Waals surface area contributed by atoms with Crippen LogP contribution in [0.25, 0.3) is 0 Å². The van der Waals surface area contributed by atoms with Gasteiger partial charge >= 0.3 is 0 Å². The van der Waals surface area contributed by atoms with Gasteiger partial charge in [-0.25, -0.2) is 4.98 Å². The van der Waals surface area contributed by atoms with Crippen LogP contribution in [0.2, 0.25) is 0 Å². The molecule has 0 saturated heterocycles. The van der Waals surface area contributed by atoms with Crippen LogP contribution in [0.3, 0.4) is 0 Å². The van der Waals surface area contributed by atoms with Gasteiger partial charge in [0.25, 0.3) is 0 Å². The highest BCUT2D eigenvalue weighted by molar-refractivity contribution is 7.09. The van der Waals surface area contributed by atoms with E-state index in [0.717, 1.165) is 41.8 Å². The van der Waals surface area contributed by atoms with Crippen molar-refractivity contribution >= 4 is 17.3 Å². The Bertz CT molecular complexity index is 795. The smallest absolute Gasteiger partial charge is 0.191 e. The van der Waals surface area contributed by atoms with E-state index in [2.05, 4.69) is 64.1 Å². The predicted molar refractivity (Wildman–Crippen MR) is 109 cm³/mol. The second-order valence-electron chi connectivity index (χ2n) is 7.72. The van der Waals surface area contributed by atoms with Gasteiger partial charge in [-0.2, -0.15) is 0 Å². The number of benzene rings is 1. The first-order valence-corrected chi connectivity index (χ1v) is 10.5. The molecule has 0 bridgehead atoms. The summed E-state index contributed by atoms with van der Waals surface area (Å²) in [7, 11) is 1.84. The van der Waals surface area contributed by atoms with Crippen LogP contribution in [0.5, 0.6) is 0 Å². The van der Waals surface area contributed by atoms with Crippen molar-refractivity contribution in [1.82, 2.24) is 15.6 Å². The summed E-state index contributed by atoms with van der Waals surface area (Å²) in [6.45, 7) is 6.09. The first-order chi connectivity index (χ1) is 12.7. The number of fused-ring (bicyclic) bond motifs is 3. The lowest BCUT2D eigenvalue weighted by Gasteiger charge is -2.13. The molecule has 2 aromatic rings. The van der Waals surface area contributed by atoms with E-state index < -0.39 is 0 Å². The molecule has 1 aromatic heterocycles. The van der Waals surface area contributed by atoms with E-state index in [9.17, 15) is 0 Å². The van der Waals surface area contributed by atoms with E-state index >= 15 is 0 Å². The van der Waals surface area contributed by atoms with Gasteiger partial charge in [0.15, 0.2) is 5.96 Å². The predicted octanol–water partition coefficient (Wildman–Crippen LogP) is 3.91. The highest BCUT2D eigenvalue weighted by Crippen LogP contribution is 2.59. The van der Waals surface area contributed by atoms with Gasteiger partial charge in [-0.15, -0.1) is 11.3 Å². The number of nitrogens with one attached hydrogen (secondary N) is 2. The van der Waals surface area contributed by atoms with Crippen LogP contribution in [0.15, 0.2) is 34.6 Å². The zero-order chi connectivity index (χ0) is 18.1.